The molecule has 5 unspecified atom stereocenters. The van der Waals surface area contributed by atoms with Gasteiger partial charge in [-0.1, -0.05) is 55.4 Å². The van der Waals surface area contributed by atoms with Gasteiger partial charge < -0.3 is 0 Å². The minimum atomic E-state index is -0.613. The Morgan fingerprint density at radius 3 is 1.78 bits per heavy atom. The van der Waals surface area contributed by atoms with Gasteiger partial charge in [0.25, 0.3) is 0 Å². The zero-order valence-corrected chi connectivity index (χ0v) is 20.8. The van der Waals surface area contributed by atoms with Gasteiger partial charge in [0.05, 0.1) is 5.37 Å². The molecule has 0 aromatic rings. The Morgan fingerprint density at radius 1 is 0.815 bits per heavy atom. The predicted molar refractivity (Wildman–Crippen MR) is 120 cm³/mol. The van der Waals surface area contributed by atoms with E-state index < -0.39 is 6.17 Å². The van der Waals surface area contributed by atoms with Gasteiger partial charge in [-0.25, -0.2) is 4.39 Å². The lowest BCUT2D eigenvalue weighted by atomic mass is 9.63. The summed E-state index contributed by atoms with van der Waals surface area (Å²) in [6.07, 6.45) is 2.07. The Hall–Kier alpha value is 0.240. The average molecular weight is 400 g/mol. The van der Waals surface area contributed by atoms with Crippen molar-refractivity contribution in [3.63, 3.8) is 0 Å². The fourth-order valence-corrected chi connectivity index (χ4v) is 7.67. The number of hydrogen-bond donors (Lipinski definition) is 0. The van der Waals surface area contributed by atoms with Crippen molar-refractivity contribution < 1.29 is 4.39 Å². The summed E-state index contributed by atoms with van der Waals surface area (Å²) in [6.45, 7) is 26.0. The minimum absolute atomic E-state index is 0.157. The molecule has 160 valence electrons. The van der Waals surface area contributed by atoms with E-state index in [0.717, 1.165) is 12.8 Å². The first-order valence-corrected chi connectivity index (χ1v) is 12.0. The van der Waals surface area contributed by atoms with Crippen LogP contribution < -0.4 is 0 Å². The molecule has 0 aromatic heterocycles. The maximum Gasteiger partial charge on any atom is 0.101 e. The molecule has 0 N–H and O–H groups in total. The standard InChI is InChI=1S/C24H46FNS/c1-21(2,3)18-12-16(25)13-19(18)24(10,11)14-17-15-27-20(22(4,5)6)26(17)23(7,8)9/h16-20H,12-15H2,1-11H3. The third-order valence-electron chi connectivity index (χ3n) is 6.99. The van der Waals surface area contributed by atoms with E-state index in [9.17, 15) is 4.39 Å². The van der Waals surface area contributed by atoms with E-state index >= 15 is 0 Å². The Labute approximate surface area is 173 Å². The highest BCUT2D eigenvalue weighted by Crippen LogP contribution is 2.55. The van der Waals surface area contributed by atoms with Crippen LogP contribution in [0.25, 0.3) is 0 Å². The molecule has 2 fully saturated rings. The molecule has 0 spiro atoms. The molecule has 0 amide bonds. The first-order valence-electron chi connectivity index (χ1n) is 11.0. The summed E-state index contributed by atoms with van der Waals surface area (Å²) in [4.78, 5) is 2.79. The third-order valence-corrected chi connectivity index (χ3v) is 8.82. The summed E-state index contributed by atoms with van der Waals surface area (Å²) < 4.78 is 14.5. The van der Waals surface area contributed by atoms with Crippen LogP contribution in [0.1, 0.15) is 95.4 Å². The highest BCUT2D eigenvalue weighted by molar-refractivity contribution is 8.00. The number of halogens is 1. The largest absolute Gasteiger partial charge is 0.282 e. The van der Waals surface area contributed by atoms with E-state index in [1.54, 1.807) is 0 Å². The van der Waals surface area contributed by atoms with Crippen LogP contribution in [0.4, 0.5) is 4.39 Å². The highest BCUT2D eigenvalue weighted by atomic mass is 32.2. The summed E-state index contributed by atoms with van der Waals surface area (Å²) in [5.74, 6) is 2.17. The van der Waals surface area contributed by atoms with Crippen LogP contribution in [0, 0.1) is 28.1 Å². The van der Waals surface area contributed by atoms with E-state index in [1.165, 1.54) is 12.2 Å². The maximum atomic E-state index is 14.5. The zero-order valence-electron chi connectivity index (χ0n) is 19.9. The van der Waals surface area contributed by atoms with Crippen LogP contribution in [-0.2, 0) is 0 Å². The lowest BCUT2D eigenvalue weighted by Crippen LogP contribution is -2.54. The van der Waals surface area contributed by atoms with E-state index in [-0.39, 0.29) is 21.8 Å². The fourth-order valence-electron chi connectivity index (χ4n) is 5.83. The van der Waals surface area contributed by atoms with E-state index in [0.29, 0.717) is 23.3 Å². The van der Waals surface area contributed by atoms with Crippen LogP contribution in [0.5, 0.6) is 0 Å². The van der Waals surface area contributed by atoms with Crippen molar-refractivity contribution >= 4 is 11.8 Å². The molecule has 0 bridgehead atoms. The first kappa shape index (κ1) is 23.5. The molecule has 1 heterocycles. The average Bonchev–Trinajstić information content (AvgIpc) is 3.00. The van der Waals surface area contributed by atoms with Gasteiger partial charge in [0.1, 0.15) is 6.17 Å². The number of thioether (sulfide) groups is 1. The molecule has 1 saturated heterocycles. The number of alkyl halides is 1. The third kappa shape index (κ3) is 5.24. The Bertz CT molecular complexity index is 508. The summed E-state index contributed by atoms with van der Waals surface area (Å²) >= 11 is 2.13. The summed E-state index contributed by atoms with van der Waals surface area (Å²) in [6, 6.07) is 0.577. The second-order valence-corrected chi connectivity index (χ2v) is 14.2. The zero-order chi connectivity index (χ0) is 21.0. The number of nitrogens with zero attached hydrogens (tertiary/aromatic N) is 1. The van der Waals surface area contributed by atoms with Gasteiger partial charge in [0, 0.05) is 17.3 Å². The normalized spacial score (nSPS) is 34.4. The molecular formula is C24H46FNS. The van der Waals surface area contributed by atoms with Gasteiger partial charge in [-0.2, -0.15) is 0 Å². The molecular weight excluding hydrogens is 353 g/mol. The van der Waals surface area contributed by atoms with Crippen LogP contribution in [0.3, 0.4) is 0 Å². The van der Waals surface area contributed by atoms with E-state index in [4.69, 9.17) is 0 Å². The van der Waals surface area contributed by atoms with Crippen LogP contribution in [-0.4, -0.2) is 33.8 Å². The van der Waals surface area contributed by atoms with Gasteiger partial charge in [0.15, 0.2) is 0 Å². The topological polar surface area (TPSA) is 3.24 Å². The van der Waals surface area contributed by atoms with Crippen molar-refractivity contribution in [3.05, 3.63) is 0 Å². The Balaban J connectivity index is 2.25. The molecule has 2 aliphatic rings. The Morgan fingerprint density at radius 2 is 1.33 bits per heavy atom. The fraction of sp³-hybridized carbons (Fsp3) is 1.00. The van der Waals surface area contributed by atoms with Gasteiger partial charge in [-0.05, 0) is 68.1 Å². The molecule has 1 aliphatic carbocycles. The van der Waals surface area contributed by atoms with Crippen molar-refractivity contribution in [2.24, 2.45) is 28.1 Å². The van der Waals surface area contributed by atoms with Crippen LogP contribution >= 0.6 is 11.8 Å². The first-order chi connectivity index (χ1) is 11.9. The number of rotatable bonds is 3. The molecule has 2 rings (SSSR count). The molecule has 1 nitrogen and oxygen atoms in total. The van der Waals surface area contributed by atoms with Crippen molar-refractivity contribution in [1.82, 2.24) is 4.90 Å². The smallest absolute Gasteiger partial charge is 0.101 e. The van der Waals surface area contributed by atoms with Gasteiger partial charge in [-0.15, -0.1) is 11.8 Å². The second kappa shape index (κ2) is 7.49. The SMILES string of the molecule is CC(C)(C)C1CC(F)CC1C(C)(C)CC1CSC(C(C)(C)C)N1C(C)(C)C. The maximum absolute atomic E-state index is 14.5. The molecule has 3 heteroatoms. The summed E-state index contributed by atoms with van der Waals surface area (Å²) in [5, 5.41) is 0.550. The lowest BCUT2D eigenvalue weighted by Gasteiger charge is -2.48. The van der Waals surface area contributed by atoms with Crippen molar-refractivity contribution in [1.29, 1.82) is 0 Å². The van der Waals surface area contributed by atoms with Gasteiger partial charge >= 0.3 is 0 Å². The molecule has 1 saturated carbocycles. The molecule has 0 aromatic carbocycles. The molecule has 0 radical (unpaired) electrons. The molecule has 5 atom stereocenters. The van der Waals surface area contributed by atoms with Gasteiger partial charge in [0.2, 0.25) is 0 Å². The van der Waals surface area contributed by atoms with E-state index in [1.807, 2.05) is 0 Å². The van der Waals surface area contributed by atoms with Crippen molar-refractivity contribution in [2.75, 3.05) is 5.75 Å². The quantitative estimate of drug-likeness (QED) is 0.486. The summed E-state index contributed by atoms with van der Waals surface area (Å²) in [5.41, 5.74) is 0.775. The summed E-state index contributed by atoms with van der Waals surface area (Å²) in [7, 11) is 0. The molecule has 1 aliphatic heterocycles. The van der Waals surface area contributed by atoms with E-state index in [2.05, 4.69) is 92.8 Å². The van der Waals surface area contributed by atoms with Gasteiger partial charge in [-0.3, -0.25) is 4.90 Å². The predicted octanol–water partition coefficient (Wildman–Crippen LogP) is 7.40. The monoisotopic (exact) mass is 399 g/mol. The number of hydrogen-bond acceptors (Lipinski definition) is 2. The molecule has 27 heavy (non-hydrogen) atoms. The van der Waals surface area contributed by atoms with Crippen LogP contribution in [0.15, 0.2) is 0 Å². The van der Waals surface area contributed by atoms with Crippen molar-refractivity contribution in [2.45, 2.75) is 119 Å². The lowest BCUT2D eigenvalue weighted by molar-refractivity contribution is 0.00607. The van der Waals surface area contributed by atoms with Crippen LogP contribution in [0.2, 0.25) is 0 Å². The Kier molecular flexibility index (Phi) is 6.52. The second-order valence-electron chi connectivity index (χ2n) is 13.1. The van der Waals surface area contributed by atoms with Crippen molar-refractivity contribution in [3.8, 4) is 0 Å². The minimum Gasteiger partial charge on any atom is -0.282 e. The highest BCUT2D eigenvalue weighted by Gasteiger charge is 2.51.